The summed E-state index contributed by atoms with van der Waals surface area (Å²) in [5.41, 5.74) is -0.536. The minimum Gasteiger partial charge on any atom is -0.507 e. The smallest absolute Gasteiger partial charge is 0.338 e. The fourth-order valence-electron chi connectivity index (χ4n) is 0.910. The molecule has 0 saturated carbocycles. The number of aromatic hydroxyl groups is 1. The van der Waals surface area contributed by atoms with Crippen molar-refractivity contribution in [2.45, 2.75) is 4.90 Å². The average molecular weight is 195 g/mol. The minimum absolute atomic E-state index is 0.154. The van der Waals surface area contributed by atoms with Gasteiger partial charge in [-0.25, -0.2) is 4.79 Å². The first-order valence-electron chi connectivity index (χ1n) is 3.26. The van der Waals surface area contributed by atoms with Crippen LogP contribution in [0.25, 0.3) is 0 Å². The maximum absolute atomic E-state index is 10.6. The molecule has 1 rings (SSSR count). The normalized spacial score (nSPS) is 9.23. The zero-order chi connectivity index (χ0) is 10.0. The van der Waals surface area contributed by atoms with Crippen LogP contribution in [0.1, 0.15) is 15.9 Å². The first-order valence-corrected chi connectivity index (χ1v) is 3.71. The first-order chi connectivity index (χ1) is 6.07. The van der Waals surface area contributed by atoms with E-state index in [1.54, 1.807) is 6.07 Å². The van der Waals surface area contributed by atoms with Crippen LogP contribution in [0.15, 0.2) is 17.0 Å². The molecule has 5 heteroatoms. The van der Waals surface area contributed by atoms with Crippen LogP contribution in [0.4, 0.5) is 0 Å². The molecule has 0 heterocycles. The van der Waals surface area contributed by atoms with Gasteiger partial charge in [-0.1, -0.05) is 0 Å². The zero-order valence-corrected chi connectivity index (χ0v) is 7.25. The molecule has 0 aliphatic carbocycles. The highest BCUT2D eigenvalue weighted by Gasteiger charge is 2.16. The molecule has 0 aliphatic heterocycles. The summed E-state index contributed by atoms with van der Waals surface area (Å²) in [7, 11) is 0. The predicted octanol–water partition coefficient (Wildman–Crippen LogP) is 1.25. The Bertz CT molecular complexity index is 409. The summed E-state index contributed by atoms with van der Waals surface area (Å²) in [4.78, 5) is 10.8. The van der Waals surface area contributed by atoms with E-state index < -0.39 is 5.97 Å². The van der Waals surface area contributed by atoms with Crippen molar-refractivity contribution >= 4 is 18.6 Å². The van der Waals surface area contributed by atoms with Crippen LogP contribution in [0, 0.1) is 11.3 Å². The van der Waals surface area contributed by atoms with Gasteiger partial charge in [0.2, 0.25) is 0 Å². The van der Waals surface area contributed by atoms with E-state index >= 15 is 0 Å². The Kier molecular flexibility index (Phi) is 2.44. The van der Waals surface area contributed by atoms with Crippen molar-refractivity contribution in [2.75, 3.05) is 0 Å². The van der Waals surface area contributed by atoms with Gasteiger partial charge >= 0.3 is 5.97 Å². The van der Waals surface area contributed by atoms with Gasteiger partial charge in [0.25, 0.3) is 0 Å². The quantitative estimate of drug-likeness (QED) is 0.589. The maximum Gasteiger partial charge on any atom is 0.338 e. The second-order valence-corrected chi connectivity index (χ2v) is 2.75. The lowest BCUT2D eigenvalue weighted by Crippen LogP contribution is -2.01. The summed E-state index contributed by atoms with van der Waals surface area (Å²) in [5, 5.41) is 26.4. The lowest BCUT2D eigenvalue weighted by atomic mass is 10.1. The highest BCUT2D eigenvalue weighted by Crippen LogP contribution is 2.25. The molecule has 0 radical (unpaired) electrons. The number of phenolic OH excluding ortho intramolecular Hbond substituents is 1. The number of carboxylic acid groups (broad SMARTS) is 1. The van der Waals surface area contributed by atoms with Crippen molar-refractivity contribution in [2.24, 2.45) is 0 Å². The molecule has 0 aliphatic rings. The van der Waals surface area contributed by atoms with Gasteiger partial charge < -0.3 is 10.2 Å². The number of aromatic carboxylic acids is 1. The Morgan fingerprint density at radius 1 is 1.54 bits per heavy atom. The largest absolute Gasteiger partial charge is 0.507 e. The molecule has 0 unspecified atom stereocenters. The van der Waals surface area contributed by atoms with E-state index in [0.717, 1.165) is 0 Å². The Labute approximate surface area is 79.5 Å². The van der Waals surface area contributed by atoms with E-state index in [4.69, 9.17) is 15.5 Å². The molecule has 2 N–H and O–H groups in total. The zero-order valence-electron chi connectivity index (χ0n) is 6.35. The van der Waals surface area contributed by atoms with Crippen LogP contribution >= 0.6 is 12.6 Å². The van der Waals surface area contributed by atoms with E-state index in [1.807, 2.05) is 0 Å². The van der Waals surface area contributed by atoms with Crippen LogP contribution in [-0.4, -0.2) is 16.2 Å². The van der Waals surface area contributed by atoms with Crippen molar-refractivity contribution < 1.29 is 15.0 Å². The monoisotopic (exact) mass is 195 g/mol. The van der Waals surface area contributed by atoms with Gasteiger partial charge in [0.1, 0.15) is 17.4 Å². The second-order valence-electron chi connectivity index (χ2n) is 2.27. The molecule has 4 nitrogen and oxygen atoms in total. The molecule has 0 saturated heterocycles. The highest BCUT2D eigenvalue weighted by molar-refractivity contribution is 7.80. The molecule has 0 fully saturated rings. The third-order valence-electron chi connectivity index (χ3n) is 1.49. The van der Waals surface area contributed by atoms with Crippen molar-refractivity contribution in [3.63, 3.8) is 0 Å². The number of nitriles is 1. The lowest BCUT2D eigenvalue weighted by Gasteiger charge is -2.03. The number of nitrogens with zero attached hydrogens (tertiary/aromatic N) is 1. The standard InChI is InChI=1S/C8H5NO3S/c9-3-4-5(10)1-2-6(13)7(4)8(11)12/h1-2,10,13H,(H,11,12). The SMILES string of the molecule is N#Cc1c(O)ccc(S)c1C(=O)O. The third-order valence-corrected chi connectivity index (χ3v) is 1.86. The summed E-state index contributed by atoms with van der Waals surface area (Å²) in [6, 6.07) is 4.16. The van der Waals surface area contributed by atoms with E-state index in [-0.39, 0.29) is 21.8 Å². The van der Waals surface area contributed by atoms with Crippen LogP contribution in [0.2, 0.25) is 0 Å². The molecule has 0 aromatic heterocycles. The fourth-order valence-corrected chi connectivity index (χ4v) is 1.19. The maximum atomic E-state index is 10.6. The van der Waals surface area contributed by atoms with E-state index in [0.29, 0.717) is 0 Å². The third kappa shape index (κ3) is 1.58. The van der Waals surface area contributed by atoms with Crippen LogP contribution in [0.5, 0.6) is 5.75 Å². The molecule has 0 bridgehead atoms. The molecule has 66 valence electrons. The predicted molar refractivity (Wildman–Crippen MR) is 47.0 cm³/mol. The molecular weight excluding hydrogens is 190 g/mol. The van der Waals surface area contributed by atoms with Crippen molar-refractivity contribution in [1.29, 1.82) is 5.26 Å². The molecule has 0 atom stereocenters. The molecular formula is C8H5NO3S. The number of carboxylic acids is 1. The minimum atomic E-state index is -1.28. The van der Waals surface area contributed by atoms with E-state index in [2.05, 4.69) is 12.6 Å². The molecule has 0 spiro atoms. The molecule has 1 aromatic carbocycles. The summed E-state index contributed by atoms with van der Waals surface area (Å²) in [6.45, 7) is 0. The van der Waals surface area contributed by atoms with Crippen LogP contribution < -0.4 is 0 Å². The average Bonchev–Trinajstić information content (AvgIpc) is 2.07. The van der Waals surface area contributed by atoms with Crippen molar-refractivity contribution in [1.82, 2.24) is 0 Å². The number of phenols is 1. The topological polar surface area (TPSA) is 81.3 Å². The number of rotatable bonds is 1. The Hall–Kier alpha value is -1.67. The van der Waals surface area contributed by atoms with E-state index in [1.165, 1.54) is 12.1 Å². The molecule has 0 amide bonds. The number of hydrogen-bond donors (Lipinski definition) is 3. The summed E-state index contributed by atoms with van der Waals surface area (Å²) >= 11 is 3.87. The number of hydrogen-bond acceptors (Lipinski definition) is 4. The van der Waals surface area contributed by atoms with Crippen molar-refractivity contribution in [3.05, 3.63) is 23.3 Å². The lowest BCUT2D eigenvalue weighted by molar-refractivity contribution is 0.0692. The van der Waals surface area contributed by atoms with Gasteiger partial charge in [0.15, 0.2) is 0 Å². The summed E-state index contributed by atoms with van der Waals surface area (Å²) in [6.07, 6.45) is 0. The van der Waals surface area contributed by atoms with Crippen LogP contribution in [-0.2, 0) is 0 Å². The second kappa shape index (κ2) is 3.37. The van der Waals surface area contributed by atoms with Gasteiger partial charge in [-0.2, -0.15) is 5.26 Å². The van der Waals surface area contributed by atoms with Gasteiger partial charge in [0, 0.05) is 4.90 Å². The van der Waals surface area contributed by atoms with E-state index in [9.17, 15) is 4.79 Å². The van der Waals surface area contributed by atoms with Gasteiger partial charge in [-0.3, -0.25) is 0 Å². The summed E-state index contributed by atoms with van der Waals surface area (Å²) in [5.74, 6) is -1.63. The fraction of sp³-hybridized carbons (Fsp3) is 0. The number of carbonyl (C=O) groups is 1. The first kappa shape index (κ1) is 9.42. The van der Waals surface area contributed by atoms with Crippen molar-refractivity contribution in [3.8, 4) is 11.8 Å². The Morgan fingerprint density at radius 3 is 2.54 bits per heavy atom. The van der Waals surface area contributed by atoms with Gasteiger partial charge in [-0.15, -0.1) is 12.6 Å². The number of benzene rings is 1. The molecule has 13 heavy (non-hydrogen) atoms. The summed E-state index contributed by atoms with van der Waals surface area (Å²) < 4.78 is 0. The Balaban J connectivity index is 3.55. The molecule has 1 aromatic rings. The highest BCUT2D eigenvalue weighted by atomic mass is 32.1. The Morgan fingerprint density at radius 2 is 2.15 bits per heavy atom. The number of thiol groups is 1. The van der Waals surface area contributed by atoms with Gasteiger partial charge in [-0.05, 0) is 12.1 Å². The van der Waals surface area contributed by atoms with Crippen LogP contribution in [0.3, 0.4) is 0 Å². The van der Waals surface area contributed by atoms with Gasteiger partial charge in [0.05, 0.1) is 5.56 Å².